The quantitative estimate of drug-likeness (QED) is 0.789. The van der Waals surface area contributed by atoms with Gasteiger partial charge in [-0.1, -0.05) is 6.07 Å². The minimum atomic E-state index is -0.245. The van der Waals surface area contributed by atoms with Gasteiger partial charge in [-0.05, 0) is 51.0 Å². The fraction of sp³-hybridized carbons (Fsp3) is 0.467. The molecule has 0 radical (unpaired) electrons. The summed E-state index contributed by atoms with van der Waals surface area (Å²) in [4.78, 5) is 21.1. The fourth-order valence-electron chi connectivity index (χ4n) is 1.29. The predicted molar refractivity (Wildman–Crippen MR) is 74.2 cm³/mol. The lowest BCUT2D eigenvalue weighted by Crippen LogP contribution is -2.04. The summed E-state index contributed by atoms with van der Waals surface area (Å²) in [5.74, 6) is -0.455. The molecule has 0 saturated carbocycles. The zero-order valence-electron chi connectivity index (χ0n) is 12.3. The topological polar surface area (TPSA) is 52.6 Å². The standard InChI is InChI=1S/C11H14O2.C4H8O2/c1-4-13-11(12)10-6-5-8(2)9(3)7-10;1-3-6-4(2)5/h5-7H,4H2,1-3H3;3H2,1-2H3. The second-order valence-corrected chi connectivity index (χ2v) is 3.94. The normalized spacial score (nSPS) is 9.11. The van der Waals surface area contributed by atoms with Crippen LogP contribution in [-0.2, 0) is 14.3 Å². The van der Waals surface area contributed by atoms with Crippen LogP contribution in [0.2, 0.25) is 0 Å². The third-order valence-electron chi connectivity index (χ3n) is 2.37. The number of hydrogen-bond donors (Lipinski definition) is 0. The zero-order valence-corrected chi connectivity index (χ0v) is 12.3. The molecule has 4 nitrogen and oxygen atoms in total. The van der Waals surface area contributed by atoms with Gasteiger partial charge >= 0.3 is 11.9 Å². The number of carbonyl (C=O) groups is 2. The van der Waals surface area contributed by atoms with E-state index in [1.54, 1.807) is 19.9 Å². The lowest BCUT2D eigenvalue weighted by Gasteiger charge is -2.04. The van der Waals surface area contributed by atoms with E-state index in [9.17, 15) is 9.59 Å². The molecule has 1 aromatic rings. The lowest BCUT2D eigenvalue weighted by molar-refractivity contribution is -0.140. The molecule has 0 aliphatic heterocycles. The Bertz CT molecular complexity index is 424. The molecule has 106 valence electrons. The van der Waals surface area contributed by atoms with Crippen LogP contribution >= 0.6 is 0 Å². The molecule has 1 aromatic carbocycles. The third-order valence-corrected chi connectivity index (χ3v) is 2.37. The minimum Gasteiger partial charge on any atom is -0.466 e. The average molecular weight is 266 g/mol. The van der Waals surface area contributed by atoms with E-state index in [-0.39, 0.29) is 11.9 Å². The largest absolute Gasteiger partial charge is 0.466 e. The van der Waals surface area contributed by atoms with Crippen molar-refractivity contribution in [2.75, 3.05) is 13.2 Å². The van der Waals surface area contributed by atoms with E-state index in [4.69, 9.17) is 4.74 Å². The highest BCUT2D eigenvalue weighted by atomic mass is 16.5. The average Bonchev–Trinajstić information content (AvgIpc) is 2.33. The van der Waals surface area contributed by atoms with E-state index in [0.29, 0.717) is 18.8 Å². The van der Waals surface area contributed by atoms with E-state index < -0.39 is 0 Å². The molecule has 0 heterocycles. The van der Waals surface area contributed by atoms with Gasteiger partial charge in [0, 0.05) is 6.92 Å². The number of hydrogen-bond acceptors (Lipinski definition) is 4. The molecule has 0 saturated heterocycles. The molecule has 0 N–H and O–H groups in total. The van der Waals surface area contributed by atoms with Crippen LogP contribution in [-0.4, -0.2) is 25.2 Å². The van der Waals surface area contributed by atoms with E-state index in [2.05, 4.69) is 4.74 Å². The summed E-state index contributed by atoms with van der Waals surface area (Å²) >= 11 is 0. The molecule has 0 aliphatic carbocycles. The number of aryl methyl sites for hydroxylation is 2. The number of benzene rings is 1. The highest BCUT2D eigenvalue weighted by Gasteiger charge is 2.06. The Labute approximate surface area is 114 Å². The third kappa shape index (κ3) is 7.24. The van der Waals surface area contributed by atoms with Gasteiger partial charge in [-0.25, -0.2) is 4.79 Å². The minimum absolute atomic E-state index is 0.211. The number of esters is 2. The molecule has 0 atom stereocenters. The van der Waals surface area contributed by atoms with Crippen molar-refractivity contribution >= 4 is 11.9 Å². The molecule has 0 aliphatic rings. The second kappa shape index (κ2) is 9.14. The van der Waals surface area contributed by atoms with Gasteiger partial charge in [0.2, 0.25) is 0 Å². The number of rotatable bonds is 3. The number of carbonyl (C=O) groups excluding carboxylic acids is 2. The van der Waals surface area contributed by atoms with E-state index in [0.717, 1.165) is 5.56 Å². The van der Waals surface area contributed by atoms with Crippen molar-refractivity contribution in [3.63, 3.8) is 0 Å². The first-order chi connectivity index (χ1) is 8.92. The maximum absolute atomic E-state index is 11.3. The van der Waals surface area contributed by atoms with Crippen molar-refractivity contribution in [2.45, 2.75) is 34.6 Å². The maximum atomic E-state index is 11.3. The van der Waals surface area contributed by atoms with Gasteiger partial charge < -0.3 is 9.47 Å². The molecular weight excluding hydrogens is 244 g/mol. The second-order valence-electron chi connectivity index (χ2n) is 3.94. The van der Waals surface area contributed by atoms with Crippen LogP contribution in [0.25, 0.3) is 0 Å². The van der Waals surface area contributed by atoms with Gasteiger partial charge in [-0.15, -0.1) is 0 Å². The Kier molecular flexibility index (Phi) is 8.25. The molecule has 0 fully saturated rings. The Balaban J connectivity index is 0.000000459. The van der Waals surface area contributed by atoms with Crippen molar-refractivity contribution in [3.8, 4) is 0 Å². The molecule has 0 aromatic heterocycles. The zero-order chi connectivity index (χ0) is 14.8. The van der Waals surface area contributed by atoms with Crippen molar-refractivity contribution in [3.05, 3.63) is 34.9 Å². The molecule has 1 rings (SSSR count). The highest BCUT2D eigenvalue weighted by Crippen LogP contribution is 2.10. The monoisotopic (exact) mass is 266 g/mol. The maximum Gasteiger partial charge on any atom is 0.338 e. The van der Waals surface area contributed by atoms with Crippen molar-refractivity contribution in [1.82, 2.24) is 0 Å². The van der Waals surface area contributed by atoms with Gasteiger partial charge in [-0.2, -0.15) is 0 Å². The Hall–Kier alpha value is -1.84. The molecule has 0 bridgehead atoms. The number of ether oxygens (including phenoxy) is 2. The molecular formula is C15H22O4. The highest BCUT2D eigenvalue weighted by molar-refractivity contribution is 5.89. The molecule has 19 heavy (non-hydrogen) atoms. The summed E-state index contributed by atoms with van der Waals surface area (Å²) in [6.45, 7) is 9.88. The van der Waals surface area contributed by atoms with Crippen LogP contribution in [0.1, 0.15) is 42.3 Å². The van der Waals surface area contributed by atoms with Gasteiger partial charge in [0.25, 0.3) is 0 Å². The van der Waals surface area contributed by atoms with Crippen LogP contribution in [0.4, 0.5) is 0 Å². The van der Waals surface area contributed by atoms with Crippen molar-refractivity contribution in [2.24, 2.45) is 0 Å². The lowest BCUT2D eigenvalue weighted by atomic mass is 10.1. The van der Waals surface area contributed by atoms with Crippen LogP contribution in [0, 0.1) is 13.8 Å². The van der Waals surface area contributed by atoms with Gasteiger partial charge in [0.1, 0.15) is 0 Å². The summed E-state index contributed by atoms with van der Waals surface area (Å²) in [5, 5.41) is 0. The summed E-state index contributed by atoms with van der Waals surface area (Å²) in [6.07, 6.45) is 0. The van der Waals surface area contributed by atoms with E-state index in [1.807, 2.05) is 26.0 Å². The van der Waals surface area contributed by atoms with Crippen LogP contribution in [0.5, 0.6) is 0 Å². The molecule has 0 spiro atoms. The van der Waals surface area contributed by atoms with Gasteiger partial charge in [0.15, 0.2) is 0 Å². The first-order valence-corrected chi connectivity index (χ1v) is 6.30. The van der Waals surface area contributed by atoms with Crippen molar-refractivity contribution in [1.29, 1.82) is 0 Å². The van der Waals surface area contributed by atoms with Crippen molar-refractivity contribution < 1.29 is 19.1 Å². The first-order valence-electron chi connectivity index (χ1n) is 6.30. The van der Waals surface area contributed by atoms with Crippen LogP contribution < -0.4 is 0 Å². The predicted octanol–water partition coefficient (Wildman–Crippen LogP) is 3.05. The molecule has 4 heteroatoms. The fourth-order valence-corrected chi connectivity index (χ4v) is 1.29. The smallest absolute Gasteiger partial charge is 0.338 e. The van der Waals surface area contributed by atoms with Gasteiger partial charge in [0.05, 0.1) is 18.8 Å². The van der Waals surface area contributed by atoms with Crippen LogP contribution in [0.3, 0.4) is 0 Å². The van der Waals surface area contributed by atoms with E-state index >= 15 is 0 Å². The first kappa shape index (κ1) is 17.2. The molecule has 0 unspecified atom stereocenters. The van der Waals surface area contributed by atoms with E-state index in [1.165, 1.54) is 12.5 Å². The molecule has 0 amide bonds. The SMILES string of the molecule is CCOC(=O)c1ccc(C)c(C)c1.CCOC(C)=O. The Morgan fingerprint density at radius 3 is 1.95 bits per heavy atom. The Morgan fingerprint density at radius 1 is 1.00 bits per heavy atom. The summed E-state index contributed by atoms with van der Waals surface area (Å²) in [5.41, 5.74) is 2.93. The summed E-state index contributed by atoms with van der Waals surface area (Å²) in [7, 11) is 0. The van der Waals surface area contributed by atoms with Gasteiger partial charge in [-0.3, -0.25) is 4.79 Å². The summed E-state index contributed by atoms with van der Waals surface area (Å²) in [6, 6.07) is 5.58. The van der Waals surface area contributed by atoms with Crippen LogP contribution in [0.15, 0.2) is 18.2 Å². The summed E-state index contributed by atoms with van der Waals surface area (Å²) < 4.78 is 9.29. The Morgan fingerprint density at radius 2 is 1.58 bits per heavy atom.